The maximum atomic E-state index is 13.6. The molecule has 0 N–H and O–H groups in total. The van der Waals surface area contributed by atoms with Gasteiger partial charge < -0.3 is 9.47 Å². The van der Waals surface area contributed by atoms with Crippen LogP contribution in [0.15, 0.2) is 42.5 Å². The molecule has 2 bridgehead atoms. The molecule has 4 atom stereocenters. The molecule has 10 heteroatoms. The quantitative estimate of drug-likeness (QED) is 0.356. The third-order valence-electron chi connectivity index (χ3n) is 7.31. The van der Waals surface area contributed by atoms with Crippen molar-refractivity contribution in [2.45, 2.75) is 43.6 Å². The minimum absolute atomic E-state index is 0.186. The maximum Gasteiger partial charge on any atom is 0.417 e. The molecule has 3 fully saturated rings. The van der Waals surface area contributed by atoms with Crippen molar-refractivity contribution in [2.24, 2.45) is 11.8 Å². The zero-order valence-corrected chi connectivity index (χ0v) is 20.7. The number of nitrogens with zero attached hydrogens (tertiary/aromatic N) is 2. The number of hydrogen-bond acceptors (Lipinski definition) is 5. The fraction of sp³-hybridized carbons (Fsp3) is 0.400. The number of halogens is 4. The van der Waals surface area contributed by atoms with E-state index in [4.69, 9.17) is 14.7 Å². The first-order valence-corrected chi connectivity index (χ1v) is 12.1. The van der Waals surface area contributed by atoms with E-state index >= 15 is 0 Å². The van der Waals surface area contributed by atoms with E-state index in [1.807, 2.05) is 24.3 Å². The number of carbonyl (C=O) groups excluding carboxylic acids is 2. The molecule has 35 heavy (non-hydrogen) atoms. The molecule has 6 nitrogen and oxygen atoms in total. The Hall–Kier alpha value is -2.65. The van der Waals surface area contributed by atoms with E-state index in [1.54, 1.807) is 6.92 Å². The number of ether oxygens (including phenoxy) is 2. The Morgan fingerprint density at radius 3 is 2.49 bits per heavy atom. The average molecular weight is 596 g/mol. The summed E-state index contributed by atoms with van der Waals surface area (Å²) in [6.45, 7) is 2.05. The van der Waals surface area contributed by atoms with Crippen molar-refractivity contribution in [3.05, 3.63) is 57.2 Å². The highest BCUT2D eigenvalue weighted by atomic mass is 127. The lowest BCUT2D eigenvalue weighted by Gasteiger charge is -2.31. The predicted molar refractivity (Wildman–Crippen MR) is 126 cm³/mol. The van der Waals surface area contributed by atoms with Gasteiger partial charge in [-0.1, -0.05) is 0 Å². The van der Waals surface area contributed by atoms with Gasteiger partial charge in [0.2, 0.25) is 11.8 Å². The molecule has 2 amide bonds. The Kier molecular flexibility index (Phi) is 5.64. The van der Waals surface area contributed by atoms with Crippen LogP contribution >= 0.6 is 22.6 Å². The number of imide groups is 1. The van der Waals surface area contributed by atoms with Gasteiger partial charge in [-0.25, -0.2) is 4.90 Å². The average Bonchev–Trinajstić information content (AvgIpc) is 3.38. The van der Waals surface area contributed by atoms with Crippen molar-refractivity contribution in [1.29, 1.82) is 5.26 Å². The van der Waals surface area contributed by atoms with Gasteiger partial charge in [0.05, 0.1) is 52.5 Å². The third kappa shape index (κ3) is 3.80. The number of carbonyl (C=O) groups is 2. The van der Waals surface area contributed by atoms with Crippen LogP contribution in [0.3, 0.4) is 0 Å². The van der Waals surface area contributed by atoms with E-state index in [-0.39, 0.29) is 12.3 Å². The van der Waals surface area contributed by atoms with E-state index in [2.05, 4.69) is 22.6 Å². The molecule has 3 saturated heterocycles. The molecular weight excluding hydrogens is 576 g/mol. The molecule has 0 aromatic heterocycles. The van der Waals surface area contributed by atoms with Crippen molar-refractivity contribution in [2.75, 3.05) is 11.5 Å². The lowest BCUT2D eigenvalue weighted by molar-refractivity contribution is -0.138. The summed E-state index contributed by atoms with van der Waals surface area (Å²) >= 11 is 2.19. The van der Waals surface area contributed by atoms with Crippen molar-refractivity contribution < 1.29 is 32.2 Å². The van der Waals surface area contributed by atoms with Crippen molar-refractivity contribution in [1.82, 2.24) is 0 Å². The second-order valence-corrected chi connectivity index (χ2v) is 10.6. The molecule has 2 aromatic carbocycles. The van der Waals surface area contributed by atoms with E-state index in [9.17, 15) is 22.8 Å². The standard InChI is InChI=1S/C25H20F3IN2O4/c1-23-8-9-24(35-23,10-11-34-17-6-3-15(29)4-7-17)20-19(23)21(32)31(22(20)33)16-5-2-14(13-30)18(12-16)25(26,27)28/h2-7,12,19-20H,8-11H2,1H3. The van der Waals surface area contributed by atoms with Crippen LogP contribution in [0.4, 0.5) is 18.9 Å². The molecule has 5 rings (SSSR count). The van der Waals surface area contributed by atoms with Crippen molar-refractivity contribution >= 4 is 40.1 Å². The minimum atomic E-state index is -4.80. The second kappa shape index (κ2) is 8.20. The Balaban J connectivity index is 1.43. The summed E-state index contributed by atoms with van der Waals surface area (Å²) in [5.41, 5.74) is -3.74. The van der Waals surface area contributed by atoms with Crippen LogP contribution in [0, 0.1) is 26.7 Å². The van der Waals surface area contributed by atoms with Gasteiger partial charge >= 0.3 is 6.18 Å². The first-order chi connectivity index (χ1) is 16.5. The number of rotatable bonds is 5. The first kappa shape index (κ1) is 24.1. The van der Waals surface area contributed by atoms with Gasteiger partial charge in [0, 0.05) is 9.99 Å². The third-order valence-corrected chi connectivity index (χ3v) is 8.03. The first-order valence-electron chi connectivity index (χ1n) is 11.1. The molecule has 0 saturated carbocycles. The molecule has 182 valence electrons. The van der Waals surface area contributed by atoms with E-state index in [0.29, 0.717) is 31.1 Å². The number of fused-ring (bicyclic) bond motifs is 5. The summed E-state index contributed by atoms with van der Waals surface area (Å²) in [5.74, 6) is -2.06. The van der Waals surface area contributed by atoms with Crippen LogP contribution in [0.2, 0.25) is 0 Å². The number of amides is 2. The zero-order chi connectivity index (χ0) is 25.2. The Labute approximate surface area is 213 Å². The van der Waals surface area contributed by atoms with Crippen LogP contribution in [0.25, 0.3) is 0 Å². The summed E-state index contributed by atoms with van der Waals surface area (Å²) in [6, 6.07) is 11.9. The lowest BCUT2D eigenvalue weighted by atomic mass is 9.67. The van der Waals surface area contributed by atoms with Crippen LogP contribution in [0.1, 0.15) is 37.3 Å². The smallest absolute Gasteiger partial charge is 0.417 e. The number of alkyl halides is 3. The van der Waals surface area contributed by atoms with Crippen molar-refractivity contribution in [3.63, 3.8) is 0 Å². The number of hydrogen-bond donors (Lipinski definition) is 0. The van der Waals surface area contributed by atoms with Gasteiger partial charge in [0.1, 0.15) is 5.75 Å². The minimum Gasteiger partial charge on any atom is -0.493 e. The summed E-state index contributed by atoms with van der Waals surface area (Å²) in [6.07, 6.45) is -3.32. The molecule has 3 heterocycles. The normalized spacial score (nSPS) is 29.4. The Morgan fingerprint density at radius 1 is 1.14 bits per heavy atom. The highest BCUT2D eigenvalue weighted by Crippen LogP contribution is 2.62. The van der Waals surface area contributed by atoms with Gasteiger partial charge in [-0.2, -0.15) is 18.4 Å². The highest BCUT2D eigenvalue weighted by molar-refractivity contribution is 14.1. The highest BCUT2D eigenvalue weighted by Gasteiger charge is 2.73. The second-order valence-electron chi connectivity index (χ2n) is 9.34. The largest absolute Gasteiger partial charge is 0.493 e. The topological polar surface area (TPSA) is 79.6 Å². The molecule has 2 aromatic rings. The Bertz CT molecular complexity index is 1260. The number of anilines is 1. The van der Waals surface area contributed by atoms with Crippen LogP contribution in [-0.2, 0) is 20.5 Å². The van der Waals surface area contributed by atoms with Gasteiger partial charge in [0.15, 0.2) is 0 Å². The van der Waals surface area contributed by atoms with Crippen molar-refractivity contribution in [3.8, 4) is 11.8 Å². The molecule has 0 spiro atoms. The molecule has 3 aliphatic heterocycles. The summed E-state index contributed by atoms with van der Waals surface area (Å²) < 4.78 is 53.8. The molecule has 4 unspecified atom stereocenters. The SMILES string of the molecule is CC12CCC(CCOc3ccc(I)cc3)(O1)C1C(=O)N(c3ccc(C#N)c(C(F)(F)F)c3)C(=O)C12. The van der Waals surface area contributed by atoms with Crippen LogP contribution in [-0.4, -0.2) is 29.6 Å². The Morgan fingerprint density at radius 2 is 1.83 bits per heavy atom. The summed E-state index contributed by atoms with van der Waals surface area (Å²) in [5, 5.41) is 9.07. The van der Waals surface area contributed by atoms with Gasteiger partial charge in [-0.15, -0.1) is 0 Å². The monoisotopic (exact) mass is 596 g/mol. The van der Waals surface area contributed by atoms with Gasteiger partial charge in [-0.05, 0) is 84.8 Å². The number of nitriles is 1. The predicted octanol–water partition coefficient (Wildman–Crippen LogP) is 5.08. The summed E-state index contributed by atoms with van der Waals surface area (Å²) in [4.78, 5) is 27.8. The fourth-order valence-corrected chi connectivity index (χ4v) is 6.10. The number of benzene rings is 2. The van der Waals surface area contributed by atoms with Crippen LogP contribution < -0.4 is 9.64 Å². The molecule has 3 aliphatic rings. The van der Waals surface area contributed by atoms with Crippen LogP contribution in [0.5, 0.6) is 5.75 Å². The summed E-state index contributed by atoms with van der Waals surface area (Å²) in [7, 11) is 0. The van der Waals surface area contributed by atoms with E-state index in [0.717, 1.165) is 14.5 Å². The maximum absolute atomic E-state index is 13.6. The molecular formula is C25H20F3IN2O4. The lowest BCUT2D eigenvalue weighted by Crippen LogP contribution is -2.43. The molecule has 0 radical (unpaired) electrons. The van der Waals surface area contributed by atoms with Gasteiger partial charge in [0.25, 0.3) is 0 Å². The zero-order valence-electron chi connectivity index (χ0n) is 18.6. The van der Waals surface area contributed by atoms with Gasteiger partial charge in [-0.3, -0.25) is 9.59 Å². The van der Waals surface area contributed by atoms with E-state index < -0.39 is 52.2 Å². The van der Waals surface area contributed by atoms with E-state index in [1.165, 1.54) is 12.1 Å². The fourth-order valence-electron chi connectivity index (χ4n) is 5.74. The molecule has 0 aliphatic carbocycles.